The van der Waals surface area contributed by atoms with Crippen molar-refractivity contribution in [2.45, 2.75) is 57.9 Å². The maximum atomic E-state index is 12.7. The Hall–Kier alpha value is -1.72. The van der Waals surface area contributed by atoms with Crippen molar-refractivity contribution < 1.29 is 22.7 Å². The molecule has 1 atom stereocenters. The number of carbonyl (C=O) groups excluding carboxylic acids is 1. The monoisotopic (exact) mass is 329 g/mol. The summed E-state index contributed by atoms with van der Waals surface area (Å²) in [5, 5.41) is 0. The van der Waals surface area contributed by atoms with E-state index in [1.54, 1.807) is 6.07 Å². The lowest BCUT2D eigenvalue weighted by Crippen LogP contribution is -2.24. The SMILES string of the molecule is CCCCCCC1CN(Cc2cccc(C(F)(F)F)c2)C(=O)O1. The Bertz CT molecular complexity index is 531. The van der Waals surface area contributed by atoms with Crippen LogP contribution in [0.4, 0.5) is 18.0 Å². The Morgan fingerprint density at radius 3 is 2.74 bits per heavy atom. The fraction of sp³-hybridized carbons (Fsp3) is 0.588. The van der Waals surface area contributed by atoms with Crippen LogP contribution in [0.1, 0.15) is 50.2 Å². The van der Waals surface area contributed by atoms with Crippen LogP contribution in [0, 0.1) is 0 Å². The van der Waals surface area contributed by atoms with Crippen LogP contribution in [-0.4, -0.2) is 23.6 Å². The molecule has 1 aliphatic heterocycles. The number of amides is 1. The van der Waals surface area contributed by atoms with E-state index < -0.39 is 17.8 Å². The van der Waals surface area contributed by atoms with E-state index in [2.05, 4.69) is 6.92 Å². The first-order valence-corrected chi connectivity index (χ1v) is 8.02. The summed E-state index contributed by atoms with van der Waals surface area (Å²) in [5.41, 5.74) is -0.234. The molecule has 1 aromatic rings. The fourth-order valence-electron chi connectivity index (χ4n) is 2.72. The molecule has 0 aromatic heterocycles. The molecule has 0 radical (unpaired) electrons. The Morgan fingerprint density at radius 2 is 2.04 bits per heavy atom. The smallest absolute Gasteiger partial charge is 0.416 e. The maximum absolute atomic E-state index is 12.7. The molecule has 0 N–H and O–H groups in total. The highest BCUT2D eigenvalue weighted by Crippen LogP contribution is 2.30. The molecule has 3 nitrogen and oxygen atoms in total. The first kappa shape index (κ1) is 17.6. The van der Waals surface area contributed by atoms with E-state index in [9.17, 15) is 18.0 Å². The van der Waals surface area contributed by atoms with Crippen molar-refractivity contribution in [1.82, 2.24) is 4.90 Å². The van der Waals surface area contributed by atoms with Crippen LogP contribution in [0.25, 0.3) is 0 Å². The average molecular weight is 329 g/mol. The first-order valence-electron chi connectivity index (χ1n) is 8.02. The zero-order valence-electron chi connectivity index (χ0n) is 13.2. The third kappa shape index (κ3) is 5.15. The number of alkyl halides is 3. The number of benzene rings is 1. The molecule has 128 valence electrons. The van der Waals surface area contributed by atoms with Crippen molar-refractivity contribution in [3.63, 3.8) is 0 Å². The summed E-state index contributed by atoms with van der Waals surface area (Å²) >= 11 is 0. The number of halogens is 3. The third-order valence-electron chi connectivity index (χ3n) is 3.96. The quantitative estimate of drug-likeness (QED) is 0.659. The molecular formula is C17H22F3NO2. The Labute approximate surface area is 134 Å². The minimum absolute atomic E-state index is 0.147. The lowest BCUT2D eigenvalue weighted by Gasteiger charge is -2.14. The van der Waals surface area contributed by atoms with Gasteiger partial charge in [0.1, 0.15) is 6.10 Å². The molecule has 0 bridgehead atoms. The highest BCUT2D eigenvalue weighted by molar-refractivity contribution is 5.69. The molecule has 6 heteroatoms. The summed E-state index contributed by atoms with van der Waals surface area (Å²) < 4.78 is 43.4. The summed E-state index contributed by atoms with van der Waals surface area (Å²) in [6, 6.07) is 5.07. The molecule has 1 amide bonds. The molecule has 1 fully saturated rings. The van der Waals surface area contributed by atoms with Crippen LogP contribution in [-0.2, 0) is 17.5 Å². The number of rotatable bonds is 7. The number of unbranched alkanes of at least 4 members (excludes halogenated alkanes) is 3. The lowest BCUT2D eigenvalue weighted by molar-refractivity contribution is -0.137. The minimum Gasteiger partial charge on any atom is -0.444 e. The van der Waals surface area contributed by atoms with Gasteiger partial charge in [-0.15, -0.1) is 0 Å². The van der Waals surface area contributed by atoms with Gasteiger partial charge in [0.15, 0.2) is 0 Å². The second kappa shape index (κ2) is 7.70. The zero-order valence-corrected chi connectivity index (χ0v) is 13.2. The Morgan fingerprint density at radius 1 is 1.26 bits per heavy atom. The molecule has 23 heavy (non-hydrogen) atoms. The van der Waals surface area contributed by atoms with Gasteiger partial charge in [0.25, 0.3) is 0 Å². The predicted molar refractivity (Wildman–Crippen MR) is 80.9 cm³/mol. The predicted octanol–water partition coefficient (Wildman–Crippen LogP) is 5.00. The van der Waals surface area contributed by atoms with Crippen molar-refractivity contribution in [2.75, 3.05) is 6.54 Å². The van der Waals surface area contributed by atoms with E-state index in [4.69, 9.17) is 4.74 Å². The summed E-state index contributed by atoms with van der Waals surface area (Å²) in [6.45, 7) is 2.72. The normalized spacial score (nSPS) is 18.3. The van der Waals surface area contributed by atoms with Crippen LogP contribution in [0.15, 0.2) is 24.3 Å². The van der Waals surface area contributed by atoms with Gasteiger partial charge in [0.05, 0.1) is 12.1 Å². The van der Waals surface area contributed by atoms with Crippen molar-refractivity contribution in [2.24, 2.45) is 0 Å². The third-order valence-corrected chi connectivity index (χ3v) is 3.96. The maximum Gasteiger partial charge on any atom is 0.416 e. The molecule has 1 saturated heterocycles. The largest absolute Gasteiger partial charge is 0.444 e. The molecular weight excluding hydrogens is 307 g/mol. The van der Waals surface area contributed by atoms with Crippen LogP contribution in [0.3, 0.4) is 0 Å². The number of cyclic esters (lactones) is 1. The zero-order chi connectivity index (χ0) is 16.9. The highest BCUT2D eigenvalue weighted by Gasteiger charge is 2.32. The van der Waals surface area contributed by atoms with Crippen LogP contribution in [0.2, 0.25) is 0 Å². The van der Waals surface area contributed by atoms with Crippen LogP contribution in [0.5, 0.6) is 0 Å². The average Bonchev–Trinajstić information content (AvgIpc) is 2.83. The molecule has 1 aromatic carbocycles. The van der Waals surface area contributed by atoms with E-state index in [0.717, 1.165) is 44.2 Å². The highest BCUT2D eigenvalue weighted by atomic mass is 19.4. The number of ether oxygens (including phenoxy) is 1. The van der Waals surface area contributed by atoms with Gasteiger partial charge in [-0.2, -0.15) is 13.2 Å². The number of hydrogen-bond acceptors (Lipinski definition) is 2. The van der Waals surface area contributed by atoms with Crippen molar-refractivity contribution >= 4 is 6.09 Å². The van der Waals surface area contributed by atoms with Crippen molar-refractivity contribution in [1.29, 1.82) is 0 Å². The molecule has 0 saturated carbocycles. The van der Waals surface area contributed by atoms with Gasteiger partial charge >= 0.3 is 12.3 Å². The summed E-state index contributed by atoms with van der Waals surface area (Å²) in [4.78, 5) is 13.3. The van der Waals surface area contributed by atoms with Crippen LogP contribution >= 0.6 is 0 Å². The summed E-state index contributed by atoms with van der Waals surface area (Å²) in [5.74, 6) is 0. The van der Waals surface area contributed by atoms with Gasteiger partial charge in [-0.1, -0.05) is 38.3 Å². The van der Waals surface area contributed by atoms with E-state index in [0.29, 0.717) is 12.1 Å². The second-order valence-electron chi connectivity index (χ2n) is 5.93. The number of hydrogen-bond donors (Lipinski definition) is 0. The number of nitrogens with zero attached hydrogens (tertiary/aromatic N) is 1. The van der Waals surface area contributed by atoms with E-state index in [1.165, 1.54) is 11.0 Å². The Kier molecular flexibility index (Phi) is 5.91. The lowest BCUT2D eigenvalue weighted by atomic mass is 10.1. The molecule has 1 heterocycles. The molecule has 1 unspecified atom stereocenters. The van der Waals surface area contributed by atoms with Gasteiger partial charge in [0, 0.05) is 6.54 Å². The molecule has 0 spiro atoms. The Balaban J connectivity index is 1.89. The van der Waals surface area contributed by atoms with E-state index in [1.807, 2.05) is 0 Å². The van der Waals surface area contributed by atoms with Gasteiger partial charge in [-0.05, 0) is 30.5 Å². The standard InChI is InChI=1S/C17H22F3NO2/c1-2-3-4-5-9-15-12-21(16(22)23-15)11-13-7-6-8-14(10-13)17(18,19)20/h6-8,10,15H,2-5,9,11-12H2,1H3. The fourth-order valence-corrected chi connectivity index (χ4v) is 2.72. The van der Waals surface area contributed by atoms with Crippen LogP contribution < -0.4 is 0 Å². The first-order chi connectivity index (χ1) is 10.9. The topological polar surface area (TPSA) is 29.5 Å². The summed E-state index contributed by atoms with van der Waals surface area (Å²) in [7, 11) is 0. The van der Waals surface area contributed by atoms with Crippen molar-refractivity contribution in [3.05, 3.63) is 35.4 Å². The van der Waals surface area contributed by atoms with E-state index in [-0.39, 0.29) is 12.6 Å². The number of carbonyl (C=O) groups is 1. The van der Waals surface area contributed by atoms with E-state index >= 15 is 0 Å². The molecule has 2 rings (SSSR count). The second-order valence-corrected chi connectivity index (χ2v) is 5.93. The van der Waals surface area contributed by atoms with Gasteiger partial charge in [-0.25, -0.2) is 4.79 Å². The molecule has 0 aliphatic carbocycles. The molecule has 1 aliphatic rings. The van der Waals surface area contributed by atoms with Gasteiger partial charge in [0.2, 0.25) is 0 Å². The van der Waals surface area contributed by atoms with Crippen molar-refractivity contribution in [3.8, 4) is 0 Å². The summed E-state index contributed by atoms with van der Waals surface area (Å²) in [6.07, 6.45) is 0.268. The van der Waals surface area contributed by atoms with Gasteiger partial charge < -0.3 is 9.64 Å². The minimum atomic E-state index is -4.37. The van der Waals surface area contributed by atoms with Gasteiger partial charge in [-0.3, -0.25) is 0 Å².